The fourth-order valence-corrected chi connectivity index (χ4v) is 3.11. The Balaban J connectivity index is 1.71. The molecule has 3 rings (SSSR count). The number of hydrogen-bond acceptors (Lipinski definition) is 3. The highest BCUT2D eigenvalue weighted by atomic mass is 35.5. The monoisotopic (exact) mass is 372 g/mol. The lowest BCUT2D eigenvalue weighted by molar-refractivity contribution is -0.122. The van der Waals surface area contributed by atoms with Gasteiger partial charge in [-0.1, -0.05) is 17.7 Å². The van der Waals surface area contributed by atoms with Crippen molar-refractivity contribution in [1.82, 2.24) is 0 Å². The van der Waals surface area contributed by atoms with Crippen LogP contribution < -0.4 is 10.2 Å². The summed E-state index contributed by atoms with van der Waals surface area (Å²) in [5, 5.41) is 12.2. The van der Waals surface area contributed by atoms with Crippen molar-refractivity contribution in [3.8, 4) is 0 Å². The minimum Gasteiger partial charge on any atom is -0.478 e. The van der Waals surface area contributed by atoms with Crippen LogP contribution in [0.2, 0.25) is 5.02 Å². The number of halogens is 1. The van der Waals surface area contributed by atoms with E-state index >= 15 is 0 Å². The first-order valence-corrected chi connectivity index (χ1v) is 8.44. The van der Waals surface area contributed by atoms with E-state index in [2.05, 4.69) is 5.32 Å². The Bertz CT molecular complexity index is 880. The summed E-state index contributed by atoms with van der Waals surface area (Å²) in [7, 11) is 0. The molecule has 7 heteroatoms. The number of amides is 2. The second-order valence-corrected chi connectivity index (χ2v) is 6.57. The maximum Gasteiger partial charge on any atom is 0.335 e. The largest absolute Gasteiger partial charge is 0.478 e. The average Bonchev–Trinajstić information content (AvgIpc) is 2.99. The number of rotatable bonds is 4. The first-order valence-electron chi connectivity index (χ1n) is 8.06. The van der Waals surface area contributed by atoms with Crippen LogP contribution in [0.5, 0.6) is 0 Å². The summed E-state index contributed by atoms with van der Waals surface area (Å²) in [4.78, 5) is 37.3. The van der Waals surface area contributed by atoms with Crippen LogP contribution in [-0.2, 0) is 9.59 Å². The molecule has 2 N–H and O–H groups in total. The normalized spacial score (nSPS) is 16.6. The van der Waals surface area contributed by atoms with Gasteiger partial charge < -0.3 is 15.3 Å². The van der Waals surface area contributed by atoms with Gasteiger partial charge in [-0.25, -0.2) is 4.79 Å². The van der Waals surface area contributed by atoms with Gasteiger partial charge in [0.2, 0.25) is 11.8 Å². The summed E-state index contributed by atoms with van der Waals surface area (Å²) < 4.78 is 0. The Morgan fingerprint density at radius 2 is 1.88 bits per heavy atom. The molecule has 0 unspecified atom stereocenters. The van der Waals surface area contributed by atoms with Crippen molar-refractivity contribution in [3.05, 3.63) is 58.6 Å². The minimum absolute atomic E-state index is 0.116. The molecule has 0 aromatic heterocycles. The van der Waals surface area contributed by atoms with Crippen LogP contribution in [0.3, 0.4) is 0 Å². The fourth-order valence-electron chi connectivity index (χ4n) is 2.94. The van der Waals surface area contributed by atoms with Crippen LogP contribution in [0.15, 0.2) is 42.5 Å². The van der Waals surface area contributed by atoms with Crippen LogP contribution in [0, 0.1) is 12.8 Å². The Hall–Kier alpha value is -2.86. The van der Waals surface area contributed by atoms with Crippen molar-refractivity contribution in [2.75, 3.05) is 16.8 Å². The maximum absolute atomic E-state index is 12.5. The van der Waals surface area contributed by atoms with Crippen molar-refractivity contribution in [3.63, 3.8) is 0 Å². The highest BCUT2D eigenvalue weighted by molar-refractivity contribution is 6.31. The predicted molar refractivity (Wildman–Crippen MR) is 98.7 cm³/mol. The van der Waals surface area contributed by atoms with Gasteiger partial charge >= 0.3 is 5.97 Å². The van der Waals surface area contributed by atoms with Gasteiger partial charge in [-0.05, 0) is 48.9 Å². The van der Waals surface area contributed by atoms with E-state index in [1.54, 1.807) is 17.0 Å². The van der Waals surface area contributed by atoms with Crippen LogP contribution in [0.4, 0.5) is 11.4 Å². The molecule has 2 aromatic rings. The zero-order chi connectivity index (χ0) is 18.8. The van der Waals surface area contributed by atoms with Crippen LogP contribution >= 0.6 is 11.6 Å². The van der Waals surface area contributed by atoms with Gasteiger partial charge in [0, 0.05) is 29.4 Å². The number of anilines is 2. The molecule has 1 atom stereocenters. The molecule has 1 saturated heterocycles. The zero-order valence-corrected chi connectivity index (χ0v) is 14.8. The molecule has 0 aliphatic carbocycles. The second-order valence-electron chi connectivity index (χ2n) is 6.16. The van der Waals surface area contributed by atoms with Crippen molar-refractivity contribution in [2.24, 2.45) is 5.92 Å². The number of nitrogens with zero attached hydrogens (tertiary/aromatic N) is 1. The van der Waals surface area contributed by atoms with E-state index in [0.29, 0.717) is 16.4 Å². The van der Waals surface area contributed by atoms with Gasteiger partial charge in [0.05, 0.1) is 11.5 Å². The number of carbonyl (C=O) groups excluding carboxylic acids is 2. The molecule has 1 fully saturated rings. The fraction of sp³-hybridized carbons (Fsp3) is 0.211. The Kier molecular flexibility index (Phi) is 4.95. The molecule has 0 saturated carbocycles. The summed E-state index contributed by atoms with van der Waals surface area (Å²) in [5.74, 6) is -1.92. The topological polar surface area (TPSA) is 86.7 Å². The van der Waals surface area contributed by atoms with Crippen LogP contribution in [-0.4, -0.2) is 29.4 Å². The van der Waals surface area contributed by atoms with Crippen LogP contribution in [0.1, 0.15) is 22.3 Å². The summed E-state index contributed by atoms with van der Waals surface area (Å²) in [5.41, 5.74) is 2.14. The standard InChI is InChI=1S/C19H17ClN2O4/c1-11-15(20)3-2-4-16(11)22-10-13(9-17(22)23)18(24)21-14-7-5-12(6-8-14)19(25)26/h2-8,13H,9-10H2,1H3,(H,21,24)(H,25,26)/t13-/m0/s1. The lowest BCUT2D eigenvalue weighted by Gasteiger charge is -2.19. The Labute approximate surface area is 155 Å². The Morgan fingerprint density at radius 1 is 1.19 bits per heavy atom. The number of hydrogen-bond donors (Lipinski definition) is 2. The number of carbonyl (C=O) groups is 3. The molecule has 1 aliphatic rings. The molecule has 2 amide bonds. The molecule has 2 aromatic carbocycles. The van der Waals surface area contributed by atoms with Gasteiger partial charge in [-0.15, -0.1) is 0 Å². The third-order valence-electron chi connectivity index (χ3n) is 4.43. The predicted octanol–water partition coefficient (Wildman–Crippen LogP) is 3.34. The average molecular weight is 373 g/mol. The second kappa shape index (κ2) is 7.17. The van der Waals surface area contributed by atoms with E-state index in [9.17, 15) is 14.4 Å². The van der Waals surface area contributed by atoms with E-state index in [-0.39, 0.29) is 30.3 Å². The Morgan fingerprint density at radius 3 is 2.54 bits per heavy atom. The van der Waals surface area contributed by atoms with E-state index in [0.717, 1.165) is 5.56 Å². The molecule has 1 aliphatic heterocycles. The SMILES string of the molecule is Cc1c(Cl)cccc1N1C[C@@H](C(=O)Nc2ccc(C(=O)O)cc2)CC1=O. The number of nitrogens with one attached hydrogen (secondary N) is 1. The summed E-state index contributed by atoms with van der Waals surface area (Å²) in [6.45, 7) is 2.11. The quantitative estimate of drug-likeness (QED) is 0.861. The van der Waals surface area contributed by atoms with E-state index < -0.39 is 11.9 Å². The molecule has 1 heterocycles. The molecule has 26 heavy (non-hydrogen) atoms. The molecular weight excluding hydrogens is 356 g/mol. The first kappa shape index (κ1) is 17.9. The third kappa shape index (κ3) is 3.55. The smallest absolute Gasteiger partial charge is 0.335 e. The number of benzene rings is 2. The van der Waals surface area contributed by atoms with Gasteiger partial charge in [-0.2, -0.15) is 0 Å². The number of carboxylic acids is 1. The molecular formula is C19H17ClN2O4. The molecule has 0 bridgehead atoms. The van der Waals surface area contributed by atoms with Crippen molar-refractivity contribution < 1.29 is 19.5 Å². The summed E-state index contributed by atoms with van der Waals surface area (Å²) in [6, 6.07) is 11.2. The maximum atomic E-state index is 12.5. The first-order chi connectivity index (χ1) is 12.4. The van der Waals surface area contributed by atoms with Gasteiger partial charge in [0.1, 0.15) is 0 Å². The molecule has 0 spiro atoms. The van der Waals surface area contributed by atoms with Crippen LogP contribution in [0.25, 0.3) is 0 Å². The van der Waals surface area contributed by atoms with E-state index in [1.807, 2.05) is 13.0 Å². The highest BCUT2D eigenvalue weighted by Crippen LogP contribution is 2.31. The van der Waals surface area contributed by atoms with Gasteiger partial charge in [0.15, 0.2) is 0 Å². The lowest BCUT2D eigenvalue weighted by Crippen LogP contribution is -2.28. The summed E-state index contributed by atoms with van der Waals surface area (Å²) in [6.07, 6.45) is 0.116. The van der Waals surface area contributed by atoms with Crippen molar-refractivity contribution >= 4 is 40.8 Å². The van der Waals surface area contributed by atoms with Crippen molar-refractivity contribution in [2.45, 2.75) is 13.3 Å². The van der Waals surface area contributed by atoms with Gasteiger partial charge in [-0.3, -0.25) is 9.59 Å². The number of carboxylic acid groups (broad SMARTS) is 1. The molecule has 6 nitrogen and oxygen atoms in total. The molecule has 134 valence electrons. The van der Waals surface area contributed by atoms with E-state index in [1.165, 1.54) is 24.3 Å². The minimum atomic E-state index is -1.03. The van der Waals surface area contributed by atoms with Gasteiger partial charge in [0.25, 0.3) is 0 Å². The van der Waals surface area contributed by atoms with Crippen molar-refractivity contribution in [1.29, 1.82) is 0 Å². The third-order valence-corrected chi connectivity index (χ3v) is 4.83. The number of aromatic carboxylic acids is 1. The zero-order valence-electron chi connectivity index (χ0n) is 14.0. The van der Waals surface area contributed by atoms with E-state index in [4.69, 9.17) is 16.7 Å². The lowest BCUT2D eigenvalue weighted by atomic mass is 10.1. The highest BCUT2D eigenvalue weighted by Gasteiger charge is 2.35. The summed E-state index contributed by atoms with van der Waals surface area (Å²) >= 11 is 6.12. The molecule has 0 radical (unpaired) electrons.